The Bertz CT molecular complexity index is 677. The van der Waals surface area contributed by atoms with E-state index in [0.717, 1.165) is 51.0 Å². The number of aliphatic imine (C=N–C) groups is 1. The number of nitrogens with two attached hydrogens (primary N) is 1. The first kappa shape index (κ1) is 23.2. The van der Waals surface area contributed by atoms with Crippen LogP contribution in [0, 0.1) is 5.92 Å². The molecule has 1 heterocycles. The van der Waals surface area contributed by atoms with Crippen LogP contribution in [0.2, 0.25) is 0 Å². The predicted octanol–water partition coefficient (Wildman–Crippen LogP) is 3.16. The molecule has 6 nitrogen and oxygen atoms in total. The zero-order valence-electron chi connectivity index (χ0n) is 18.8. The summed E-state index contributed by atoms with van der Waals surface area (Å²) < 4.78 is 0. The second-order valence-electron chi connectivity index (χ2n) is 9.03. The van der Waals surface area contributed by atoms with Crippen LogP contribution in [-0.4, -0.2) is 48.5 Å². The van der Waals surface area contributed by atoms with Gasteiger partial charge in [0.2, 0.25) is 5.91 Å². The van der Waals surface area contributed by atoms with Crippen molar-refractivity contribution in [1.82, 2.24) is 10.2 Å². The molecule has 0 bridgehead atoms. The lowest BCUT2D eigenvalue weighted by atomic mass is 9.97. The molecule has 0 saturated carbocycles. The molecule has 1 aromatic carbocycles. The standard InChI is InChI=1S/C23H39N5O/c1-6-18-9-8-10-19(7-2)21(18)26-22(24)25-15-17-11-13-28(14-12-17)16-20(29)27-23(3,4)5/h8-10,17H,6-7,11-16H2,1-5H3,(H,27,29)(H3,24,25,26). The van der Waals surface area contributed by atoms with Crippen molar-refractivity contribution in [3.63, 3.8) is 0 Å². The number of carbonyl (C=O) groups is 1. The summed E-state index contributed by atoms with van der Waals surface area (Å²) in [5.74, 6) is 1.11. The molecule has 1 fully saturated rings. The van der Waals surface area contributed by atoms with Crippen LogP contribution in [0.1, 0.15) is 58.6 Å². The fraction of sp³-hybridized carbons (Fsp3) is 0.652. The monoisotopic (exact) mass is 401 g/mol. The summed E-state index contributed by atoms with van der Waals surface area (Å²) in [5.41, 5.74) is 9.67. The lowest BCUT2D eigenvalue weighted by Gasteiger charge is -2.31. The second-order valence-corrected chi connectivity index (χ2v) is 9.03. The first-order valence-corrected chi connectivity index (χ1v) is 10.9. The highest BCUT2D eigenvalue weighted by molar-refractivity contribution is 5.93. The molecule has 0 unspecified atom stereocenters. The molecule has 0 aromatic heterocycles. The van der Waals surface area contributed by atoms with Crippen LogP contribution in [0.25, 0.3) is 0 Å². The Morgan fingerprint density at radius 3 is 2.28 bits per heavy atom. The van der Waals surface area contributed by atoms with E-state index >= 15 is 0 Å². The molecule has 1 amide bonds. The summed E-state index contributed by atoms with van der Waals surface area (Å²) >= 11 is 0. The molecule has 1 aliphatic rings. The number of para-hydroxylation sites is 1. The lowest BCUT2D eigenvalue weighted by molar-refractivity contribution is -0.124. The van der Waals surface area contributed by atoms with Crippen molar-refractivity contribution < 1.29 is 4.79 Å². The van der Waals surface area contributed by atoms with Gasteiger partial charge in [-0.1, -0.05) is 32.0 Å². The topological polar surface area (TPSA) is 82.8 Å². The molecule has 6 heteroatoms. The molecular formula is C23H39N5O. The van der Waals surface area contributed by atoms with Gasteiger partial charge in [-0.25, -0.2) is 0 Å². The third kappa shape index (κ3) is 7.69. The van der Waals surface area contributed by atoms with Crippen LogP contribution in [0.5, 0.6) is 0 Å². The van der Waals surface area contributed by atoms with Gasteiger partial charge in [0.25, 0.3) is 0 Å². The maximum atomic E-state index is 12.1. The van der Waals surface area contributed by atoms with Crippen molar-refractivity contribution in [3.8, 4) is 0 Å². The van der Waals surface area contributed by atoms with Gasteiger partial charge in [0, 0.05) is 17.8 Å². The number of anilines is 1. The minimum atomic E-state index is -0.178. The number of nitrogens with one attached hydrogen (secondary N) is 2. The Hall–Kier alpha value is -2.08. The molecule has 0 spiro atoms. The normalized spacial score (nSPS) is 16.7. The molecule has 2 rings (SSSR count). The highest BCUT2D eigenvalue weighted by atomic mass is 16.2. The molecule has 1 aliphatic heterocycles. The summed E-state index contributed by atoms with van der Waals surface area (Å²) in [7, 11) is 0. The van der Waals surface area contributed by atoms with E-state index in [2.05, 4.69) is 52.6 Å². The fourth-order valence-corrected chi connectivity index (χ4v) is 3.79. The van der Waals surface area contributed by atoms with Crippen LogP contribution in [0.15, 0.2) is 23.2 Å². The highest BCUT2D eigenvalue weighted by Crippen LogP contribution is 2.22. The summed E-state index contributed by atoms with van der Waals surface area (Å²) in [5, 5.41) is 6.37. The van der Waals surface area contributed by atoms with Gasteiger partial charge in [-0.2, -0.15) is 0 Å². The van der Waals surface area contributed by atoms with Crippen LogP contribution >= 0.6 is 0 Å². The zero-order chi connectivity index (χ0) is 21.4. The smallest absolute Gasteiger partial charge is 0.234 e. The summed E-state index contributed by atoms with van der Waals surface area (Å²) in [6.45, 7) is 13.4. The molecule has 0 atom stereocenters. The van der Waals surface area contributed by atoms with Crippen molar-refractivity contribution in [2.24, 2.45) is 16.6 Å². The number of guanidine groups is 1. The number of amides is 1. The van der Waals surface area contributed by atoms with Crippen molar-refractivity contribution >= 4 is 17.6 Å². The van der Waals surface area contributed by atoms with Crippen molar-refractivity contribution in [3.05, 3.63) is 29.3 Å². The van der Waals surface area contributed by atoms with E-state index in [4.69, 9.17) is 5.73 Å². The zero-order valence-corrected chi connectivity index (χ0v) is 18.8. The number of rotatable bonds is 7. The predicted molar refractivity (Wildman–Crippen MR) is 122 cm³/mol. The molecule has 29 heavy (non-hydrogen) atoms. The van der Waals surface area contributed by atoms with Crippen LogP contribution in [0.3, 0.4) is 0 Å². The number of likely N-dealkylation sites (tertiary alicyclic amines) is 1. The van der Waals surface area contributed by atoms with Gasteiger partial charge in [-0.05, 0) is 76.6 Å². The molecular weight excluding hydrogens is 362 g/mol. The molecule has 0 radical (unpaired) electrons. The Kier molecular flexibility index (Phi) is 8.50. The van der Waals surface area contributed by atoms with Gasteiger partial charge in [0.1, 0.15) is 0 Å². The lowest BCUT2D eigenvalue weighted by Crippen LogP contribution is -2.47. The maximum absolute atomic E-state index is 12.1. The van der Waals surface area contributed by atoms with Crippen molar-refractivity contribution in [2.45, 2.75) is 65.8 Å². The maximum Gasteiger partial charge on any atom is 0.234 e. The van der Waals surface area contributed by atoms with E-state index in [1.807, 2.05) is 20.8 Å². The second kappa shape index (κ2) is 10.6. The van der Waals surface area contributed by atoms with E-state index in [-0.39, 0.29) is 11.4 Å². The summed E-state index contributed by atoms with van der Waals surface area (Å²) in [6.07, 6.45) is 4.02. The van der Waals surface area contributed by atoms with Gasteiger partial charge in [-0.15, -0.1) is 0 Å². The average molecular weight is 402 g/mol. The van der Waals surface area contributed by atoms with E-state index in [0.29, 0.717) is 18.4 Å². The summed E-state index contributed by atoms with van der Waals surface area (Å²) in [6, 6.07) is 6.38. The first-order chi connectivity index (χ1) is 13.7. The first-order valence-electron chi connectivity index (χ1n) is 10.9. The number of benzene rings is 1. The van der Waals surface area contributed by atoms with E-state index in [9.17, 15) is 4.79 Å². The average Bonchev–Trinajstić information content (AvgIpc) is 2.66. The number of aryl methyl sites for hydroxylation is 2. The van der Waals surface area contributed by atoms with E-state index < -0.39 is 0 Å². The van der Waals surface area contributed by atoms with Gasteiger partial charge >= 0.3 is 0 Å². The minimum absolute atomic E-state index is 0.101. The molecule has 162 valence electrons. The fourth-order valence-electron chi connectivity index (χ4n) is 3.79. The number of hydrogen-bond acceptors (Lipinski definition) is 3. The van der Waals surface area contributed by atoms with Gasteiger partial charge in [-0.3, -0.25) is 14.7 Å². The Balaban J connectivity index is 1.82. The third-order valence-electron chi connectivity index (χ3n) is 5.36. The Morgan fingerprint density at radius 2 is 1.76 bits per heavy atom. The van der Waals surface area contributed by atoms with Crippen molar-refractivity contribution in [2.75, 3.05) is 31.5 Å². The molecule has 1 saturated heterocycles. The minimum Gasteiger partial charge on any atom is -0.370 e. The number of nitrogens with zero attached hydrogens (tertiary/aromatic N) is 2. The number of carbonyl (C=O) groups excluding carboxylic acids is 1. The SMILES string of the molecule is CCc1cccc(CC)c1NC(N)=NCC1CCN(CC(=O)NC(C)(C)C)CC1. The van der Waals surface area contributed by atoms with Crippen LogP contribution in [0.4, 0.5) is 5.69 Å². The largest absolute Gasteiger partial charge is 0.370 e. The molecule has 1 aromatic rings. The van der Waals surface area contributed by atoms with Crippen LogP contribution < -0.4 is 16.4 Å². The van der Waals surface area contributed by atoms with Crippen LogP contribution in [-0.2, 0) is 17.6 Å². The van der Waals surface area contributed by atoms with E-state index in [1.54, 1.807) is 0 Å². The Labute approximate surface area is 176 Å². The molecule has 4 N–H and O–H groups in total. The number of hydrogen-bond donors (Lipinski definition) is 3. The Morgan fingerprint density at radius 1 is 1.17 bits per heavy atom. The quantitative estimate of drug-likeness (QED) is 0.484. The van der Waals surface area contributed by atoms with Gasteiger partial charge in [0.05, 0.1) is 6.54 Å². The summed E-state index contributed by atoms with van der Waals surface area (Å²) in [4.78, 5) is 18.9. The van der Waals surface area contributed by atoms with E-state index in [1.165, 1.54) is 11.1 Å². The van der Waals surface area contributed by atoms with Gasteiger partial charge in [0.15, 0.2) is 5.96 Å². The molecule has 0 aliphatic carbocycles. The third-order valence-corrected chi connectivity index (χ3v) is 5.36. The van der Waals surface area contributed by atoms with Gasteiger partial charge < -0.3 is 16.4 Å². The highest BCUT2D eigenvalue weighted by Gasteiger charge is 2.22. The van der Waals surface area contributed by atoms with Crippen molar-refractivity contribution in [1.29, 1.82) is 0 Å². The number of piperidine rings is 1.